The molecule has 0 bridgehead atoms. The van der Waals surface area contributed by atoms with E-state index >= 15 is 0 Å². The largest absolute Gasteiger partial charge is 0.404 e. The van der Waals surface area contributed by atoms with Gasteiger partial charge in [-0.15, -0.1) is 11.8 Å². The van der Waals surface area contributed by atoms with Crippen LogP contribution < -0.4 is 10.4 Å². The van der Waals surface area contributed by atoms with Crippen LogP contribution in [0.3, 0.4) is 0 Å². The Bertz CT molecular complexity index is 976. The topological polar surface area (TPSA) is 26.3 Å². The van der Waals surface area contributed by atoms with Crippen LogP contribution >= 0.6 is 11.8 Å². The Hall–Kier alpha value is -2.14. The van der Waals surface area contributed by atoms with Gasteiger partial charge in [-0.25, -0.2) is 0 Å². The lowest BCUT2D eigenvalue weighted by atomic mass is 9.96. The molecular formula is C28H32O2SSi. The first kappa shape index (κ1) is 23.0. The van der Waals surface area contributed by atoms with Gasteiger partial charge in [0.25, 0.3) is 8.32 Å². The predicted octanol–water partition coefficient (Wildman–Crippen LogP) is 5.85. The number of thioether (sulfide) groups is 1. The maximum atomic E-state index is 12.8. The molecule has 3 aromatic rings. The van der Waals surface area contributed by atoms with Crippen molar-refractivity contribution in [1.29, 1.82) is 0 Å². The minimum absolute atomic E-state index is 0.0469. The maximum Gasteiger partial charge on any atom is 0.261 e. The van der Waals surface area contributed by atoms with E-state index in [2.05, 4.69) is 93.6 Å². The quantitative estimate of drug-likeness (QED) is 0.432. The van der Waals surface area contributed by atoms with E-state index in [9.17, 15) is 4.79 Å². The van der Waals surface area contributed by atoms with Gasteiger partial charge >= 0.3 is 0 Å². The van der Waals surface area contributed by atoms with Crippen LogP contribution in [0.1, 0.15) is 40.0 Å². The number of hydrogen-bond acceptors (Lipinski definition) is 3. The molecule has 1 aliphatic rings. The second kappa shape index (κ2) is 9.78. The molecule has 1 fully saturated rings. The van der Waals surface area contributed by atoms with E-state index in [4.69, 9.17) is 4.43 Å². The predicted molar refractivity (Wildman–Crippen MR) is 137 cm³/mol. The van der Waals surface area contributed by atoms with Crippen molar-refractivity contribution in [3.8, 4) is 0 Å². The molecule has 166 valence electrons. The third-order valence-electron chi connectivity index (χ3n) is 6.33. The smallest absolute Gasteiger partial charge is 0.261 e. The highest BCUT2D eigenvalue weighted by Gasteiger charge is 2.52. The van der Waals surface area contributed by atoms with Gasteiger partial charge in [0, 0.05) is 17.4 Å². The number of benzene rings is 3. The van der Waals surface area contributed by atoms with Crippen LogP contribution in [0.25, 0.3) is 0 Å². The molecule has 4 rings (SSSR count). The van der Waals surface area contributed by atoms with Gasteiger partial charge in [-0.2, -0.15) is 0 Å². The molecule has 3 aromatic carbocycles. The van der Waals surface area contributed by atoms with Crippen molar-refractivity contribution in [2.24, 2.45) is 0 Å². The van der Waals surface area contributed by atoms with Crippen LogP contribution in [0.2, 0.25) is 5.04 Å². The van der Waals surface area contributed by atoms with E-state index in [-0.39, 0.29) is 16.4 Å². The summed E-state index contributed by atoms with van der Waals surface area (Å²) < 4.78 is 7.31. The fourth-order valence-corrected chi connectivity index (χ4v) is 10.7. The van der Waals surface area contributed by atoms with E-state index in [1.54, 1.807) is 11.8 Å². The Morgan fingerprint density at radius 3 is 1.81 bits per heavy atom. The Balaban J connectivity index is 1.69. The van der Waals surface area contributed by atoms with E-state index in [0.29, 0.717) is 12.2 Å². The average molecular weight is 461 g/mol. The van der Waals surface area contributed by atoms with Crippen molar-refractivity contribution in [1.82, 2.24) is 0 Å². The highest BCUT2D eigenvalue weighted by Crippen LogP contribution is 2.40. The van der Waals surface area contributed by atoms with Gasteiger partial charge in [0.05, 0.1) is 5.25 Å². The van der Waals surface area contributed by atoms with Gasteiger partial charge in [0.1, 0.15) is 5.78 Å². The van der Waals surface area contributed by atoms with Crippen LogP contribution in [0.4, 0.5) is 0 Å². The molecule has 0 radical (unpaired) electrons. The fraction of sp³-hybridized carbons (Fsp3) is 0.321. The van der Waals surface area contributed by atoms with E-state index < -0.39 is 8.32 Å². The molecule has 2 unspecified atom stereocenters. The Kier molecular flexibility index (Phi) is 7.04. The molecule has 2 atom stereocenters. The summed E-state index contributed by atoms with van der Waals surface area (Å²) in [6, 6.07) is 31.8. The molecule has 1 aliphatic carbocycles. The van der Waals surface area contributed by atoms with Crippen molar-refractivity contribution in [2.45, 2.75) is 61.3 Å². The monoisotopic (exact) mass is 460 g/mol. The Labute approximate surface area is 197 Å². The first-order chi connectivity index (χ1) is 15.4. The number of carbonyl (C=O) groups is 1. The number of carbonyl (C=O) groups excluding carboxylic acids is 1. The van der Waals surface area contributed by atoms with Gasteiger partial charge in [0.15, 0.2) is 0 Å². The molecule has 4 heteroatoms. The summed E-state index contributed by atoms with van der Waals surface area (Å²) in [7, 11) is -2.60. The second-order valence-electron chi connectivity index (χ2n) is 9.56. The van der Waals surface area contributed by atoms with Gasteiger partial charge in [0.2, 0.25) is 0 Å². The number of Topliss-reactive ketones (excluding diaryl/α,β-unsaturated/α-hetero) is 1. The summed E-state index contributed by atoms with van der Waals surface area (Å²) in [4.78, 5) is 13.9. The van der Waals surface area contributed by atoms with Crippen LogP contribution in [0, 0.1) is 0 Å². The lowest BCUT2D eigenvalue weighted by molar-refractivity contribution is -0.121. The molecule has 0 spiro atoms. The van der Waals surface area contributed by atoms with E-state index in [1.165, 1.54) is 10.4 Å². The summed E-state index contributed by atoms with van der Waals surface area (Å²) >= 11 is 1.69. The zero-order valence-corrected chi connectivity index (χ0v) is 21.0. The van der Waals surface area contributed by atoms with Gasteiger partial charge in [-0.1, -0.05) is 99.6 Å². The minimum Gasteiger partial charge on any atom is -0.404 e. The first-order valence-electron chi connectivity index (χ1n) is 11.4. The zero-order valence-electron chi connectivity index (χ0n) is 19.2. The highest BCUT2D eigenvalue weighted by molar-refractivity contribution is 8.00. The molecule has 32 heavy (non-hydrogen) atoms. The van der Waals surface area contributed by atoms with Crippen molar-refractivity contribution >= 4 is 36.2 Å². The summed E-state index contributed by atoms with van der Waals surface area (Å²) in [5, 5.41) is 2.49. The first-order valence-corrected chi connectivity index (χ1v) is 14.2. The number of rotatable bonds is 6. The molecule has 0 N–H and O–H groups in total. The third-order valence-corrected chi connectivity index (χ3v) is 12.7. The van der Waals surface area contributed by atoms with Crippen molar-refractivity contribution in [3.05, 3.63) is 91.0 Å². The lowest BCUT2D eigenvalue weighted by Gasteiger charge is -2.46. The second-order valence-corrected chi connectivity index (χ2v) is 15.1. The van der Waals surface area contributed by atoms with Crippen molar-refractivity contribution < 1.29 is 9.22 Å². The third kappa shape index (κ3) is 4.78. The Morgan fingerprint density at radius 2 is 1.31 bits per heavy atom. The fourth-order valence-electron chi connectivity index (χ4n) is 4.78. The molecule has 0 aromatic heterocycles. The molecular weight excluding hydrogens is 428 g/mol. The Morgan fingerprint density at radius 1 is 0.812 bits per heavy atom. The van der Waals surface area contributed by atoms with Crippen LogP contribution in [0.15, 0.2) is 95.9 Å². The summed E-state index contributed by atoms with van der Waals surface area (Å²) in [5.41, 5.74) is 0. The van der Waals surface area contributed by atoms with Crippen molar-refractivity contribution in [2.75, 3.05) is 0 Å². The van der Waals surface area contributed by atoms with Gasteiger partial charge in [-0.05, 0) is 40.4 Å². The SMILES string of the molecule is CC(C)(C)[Si](OC1CCC(=O)C(Sc2ccccc2)C1)(c1ccccc1)c1ccccc1. The summed E-state index contributed by atoms with van der Waals surface area (Å²) in [6.07, 6.45) is 2.23. The molecule has 0 saturated heterocycles. The van der Waals surface area contributed by atoms with Gasteiger partial charge < -0.3 is 4.43 Å². The molecule has 1 saturated carbocycles. The van der Waals surface area contributed by atoms with E-state index in [1.807, 2.05) is 18.2 Å². The normalized spacial score (nSPS) is 19.7. The standard InChI is InChI=1S/C28H32O2SSi/c1-28(2,3)32(24-15-9-5-10-16-24,25-17-11-6-12-18-25)30-22-19-20-26(29)27(21-22)31-23-13-7-4-8-14-23/h4-18,22,27H,19-21H2,1-3H3. The highest BCUT2D eigenvalue weighted by atomic mass is 32.2. The maximum absolute atomic E-state index is 12.8. The minimum atomic E-state index is -2.60. The average Bonchev–Trinajstić information content (AvgIpc) is 2.80. The summed E-state index contributed by atoms with van der Waals surface area (Å²) in [5.74, 6) is 0.348. The van der Waals surface area contributed by atoms with Crippen molar-refractivity contribution in [3.63, 3.8) is 0 Å². The summed E-state index contributed by atoms with van der Waals surface area (Å²) in [6.45, 7) is 6.93. The van der Waals surface area contributed by atoms with Crippen LogP contribution in [0.5, 0.6) is 0 Å². The van der Waals surface area contributed by atoms with Crippen LogP contribution in [-0.4, -0.2) is 25.5 Å². The molecule has 0 aliphatic heterocycles. The van der Waals surface area contributed by atoms with E-state index in [0.717, 1.165) is 17.7 Å². The molecule has 0 heterocycles. The lowest BCUT2D eigenvalue weighted by Crippen LogP contribution is -2.68. The number of ketones is 1. The van der Waals surface area contributed by atoms with Gasteiger partial charge in [-0.3, -0.25) is 4.79 Å². The van der Waals surface area contributed by atoms with Crippen LogP contribution in [-0.2, 0) is 9.22 Å². The number of hydrogen-bond donors (Lipinski definition) is 0. The molecule has 0 amide bonds. The zero-order chi connectivity index (χ0) is 22.6. The molecule has 2 nitrogen and oxygen atoms in total.